The van der Waals surface area contributed by atoms with E-state index in [2.05, 4.69) is 5.32 Å². The molecular formula is C16H23N3O3S. The molecule has 1 saturated carbocycles. The van der Waals surface area contributed by atoms with Crippen molar-refractivity contribution < 1.29 is 13.2 Å². The van der Waals surface area contributed by atoms with Crippen LogP contribution in [-0.2, 0) is 15.8 Å². The molecule has 0 aromatic heterocycles. The Balaban J connectivity index is 1.70. The van der Waals surface area contributed by atoms with Gasteiger partial charge < -0.3 is 11.1 Å². The third-order valence-corrected chi connectivity index (χ3v) is 6.98. The van der Waals surface area contributed by atoms with Crippen LogP contribution in [-0.4, -0.2) is 44.8 Å². The van der Waals surface area contributed by atoms with E-state index in [1.165, 1.54) is 0 Å². The van der Waals surface area contributed by atoms with E-state index in [9.17, 15) is 13.2 Å². The highest BCUT2D eigenvalue weighted by Crippen LogP contribution is 2.48. The van der Waals surface area contributed by atoms with Crippen molar-refractivity contribution in [3.63, 3.8) is 0 Å². The Morgan fingerprint density at radius 3 is 2.48 bits per heavy atom. The van der Waals surface area contributed by atoms with Crippen molar-refractivity contribution in [2.24, 2.45) is 11.1 Å². The summed E-state index contributed by atoms with van der Waals surface area (Å²) in [5.41, 5.74) is 7.38. The first-order chi connectivity index (χ1) is 10.9. The second kappa shape index (κ2) is 5.89. The first-order valence-electron chi connectivity index (χ1n) is 7.91. The molecule has 1 saturated heterocycles. The normalized spacial score (nSPS) is 23.7. The van der Waals surface area contributed by atoms with E-state index < -0.39 is 10.0 Å². The maximum atomic E-state index is 12.6. The number of hydrogen-bond acceptors (Lipinski definition) is 4. The fraction of sp³-hybridized carbons (Fsp3) is 0.562. The maximum absolute atomic E-state index is 12.6. The zero-order chi connectivity index (χ0) is 16.7. The number of hydrogen-bond donors (Lipinski definition) is 2. The van der Waals surface area contributed by atoms with Gasteiger partial charge in [0.1, 0.15) is 0 Å². The first-order valence-corrected chi connectivity index (χ1v) is 9.52. The predicted octanol–water partition coefficient (Wildman–Crippen LogP) is 0.689. The molecule has 3 rings (SSSR count). The van der Waals surface area contributed by atoms with Crippen molar-refractivity contribution in [2.45, 2.75) is 31.1 Å². The summed E-state index contributed by atoms with van der Waals surface area (Å²) >= 11 is 0. The Labute approximate surface area is 137 Å². The molecule has 23 heavy (non-hydrogen) atoms. The number of amides is 1. The van der Waals surface area contributed by atoms with Gasteiger partial charge in [0, 0.05) is 37.2 Å². The maximum Gasteiger partial charge on any atom is 0.251 e. The van der Waals surface area contributed by atoms with Crippen molar-refractivity contribution in [1.29, 1.82) is 0 Å². The van der Waals surface area contributed by atoms with Crippen molar-refractivity contribution in [3.05, 3.63) is 35.4 Å². The topological polar surface area (TPSA) is 92.5 Å². The van der Waals surface area contributed by atoms with E-state index in [0.29, 0.717) is 24.2 Å². The number of carbonyl (C=O) groups excluding carboxylic acids is 1. The lowest BCUT2D eigenvalue weighted by Crippen LogP contribution is -2.45. The highest BCUT2D eigenvalue weighted by atomic mass is 32.2. The van der Waals surface area contributed by atoms with Crippen LogP contribution in [0.2, 0.25) is 0 Å². The number of sulfonamides is 1. The van der Waals surface area contributed by atoms with Crippen LogP contribution in [0, 0.1) is 5.41 Å². The van der Waals surface area contributed by atoms with Gasteiger partial charge in [0.15, 0.2) is 0 Å². The molecule has 1 aromatic rings. The summed E-state index contributed by atoms with van der Waals surface area (Å²) in [6, 6.07) is 6.62. The third-order valence-electron chi connectivity index (χ3n) is 5.21. The SMILES string of the molecule is CNC(=O)c1ccc(CS(=O)(=O)N2CC(N)C3(CCC3)C2)cc1. The molecule has 1 aliphatic heterocycles. The second-order valence-corrected chi connectivity index (χ2v) is 8.62. The van der Waals surface area contributed by atoms with Gasteiger partial charge in [0.25, 0.3) is 5.91 Å². The zero-order valence-electron chi connectivity index (χ0n) is 13.3. The molecule has 1 heterocycles. The van der Waals surface area contributed by atoms with Gasteiger partial charge in [-0.2, -0.15) is 4.31 Å². The molecule has 2 aliphatic rings. The van der Waals surface area contributed by atoms with Crippen molar-refractivity contribution in [2.75, 3.05) is 20.1 Å². The van der Waals surface area contributed by atoms with Gasteiger partial charge in [-0.1, -0.05) is 18.6 Å². The Morgan fingerprint density at radius 1 is 1.35 bits per heavy atom. The van der Waals surface area contributed by atoms with E-state index >= 15 is 0 Å². The Hall–Kier alpha value is -1.44. The van der Waals surface area contributed by atoms with Crippen LogP contribution in [0.25, 0.3) is 0 Å². The van der Waals surface area contributed by atoms with Crippen LogP contribution in [0.5, 0.6) is 0 Å². The summed E-state index contributed by atoms with van der Waals surface area (Å²) in [6.45, 7) is 0.964. The summed E-state index contributed by atoms with van der Waals surface area (Å²) in [4.78, 5) is 11.5. The van der Waals surface area contributed by atoms with E-state index in [4.69, 9.17) is 5.73 Å². The summed E-state index contributed by atoms with van der Waals surface area (Å²) in [5.74, 6) is -0.235. The number of nitrogens with zero attached hydrogens (tertiary/aromatic N) is 1. The molecule has 1 aromatic carbocycles. The molecule has 1 unspecified atom stereocenters. The highest BCUT2D eigenvalue weighted by Gasteiger charge is 2.51. The Bertz CT molecular complexity index is 696. The minimum absolute atomic E-state index is 0.0101. The predicted molar refractivity (Wildman–Crippen MR) is 88.3 cm³/mol. The van der Waals surface area contributed by atoms with Gasteiger partial charge in [-0.3, -0.25) is 4.79 Å². The highest BCUT2D eigenvalue weighted by molar-refractivity contribution is 7.88. The van der Waals surface area contributed by atoms with Crippen molar-refractivity contribution in [1.82, 2.24) is 9.62 Å². The van der Waals surface area contributed by atoms with Crippen LogP contribution < -0.4 is 11.1 Å². The lowest BCUT2D eigenvalue weighted by atomic mass is 9.66. The van der Waals surface area contributed by atoms with Gasteiger partial charge in [-0.15, -0.1) is 0 Å². The summed E-state index contributed by atoms with van der Waals surface area (Å²) < 4.78 is 26.8. The summed E-state index contributed by atoms with van der Waals surface area (Å²) in [7, 11) is -1.82. The first kappa shape index (κ1) is 16.4. The van der Waals surface area contributed by atoms with Gasteiger partial charge >= 0.3 is 0 Å². The molecule has 0 bridgehead atoms. The number of carbonyl (C=O) groups is 1. The Morgan fingerprint density at radius 2 is 2.00 bits per heavy atom. The lowest BCUT2D eigenvalue weighted by molar-refractivity contribution is 0.0963. The number of benzene rings is 1. The number of nitrogens with two attached hydrogens (primary N) is 1. The fourth-order valence-corrected chi connectivity index (χ4v) is 5.15. The molecule has 1 amide bonds. The largest absolute Gasteiger partial charge is 0.355 e. The van der Waals surface area contributed by atoms with Crippen molar-refractivity contribution >= 4 is 15.9 Å². The zero-order valence-corrected chi connectivity index (χ0v) is 14.1. The van der Waals surface area contributed by atoms with Crippen molar-refractivity contribution in [3.8, 4) is 0 Å². The van der Waals surface area contributed by atoms with E-state index in [1.54, 1.807) is 35.6 Å². The summed E-state index contributed by atoms with van der Waals surface area (Å²) in [5, 5.41) is 2.54. The standard InChI is InChI=1S/C16H23N3O3S/c1-18-15(20)13-5-3-12(4-6-13)10-23(21,22)19-9-14(17)16(11-19)7-2-8-16/h3-6,14H,2,7-11,17H2,1H3,(H,18,20). The molecule has 1 spiro atoms. The van der Waals surface area contributed by atoms with Crippen LogP contribution in [0.15, 0.2) is 24.3 Å². The third kappa shape index (κ3) is 3.00. The van der Waals surface area contributed by atoms with Gasteiger partial charge in [-0.25, -0.2) is 8.42 Å². The van der Waals surface area contributed by atoms with Crippen LogP contribution >= 0.6 is 0 Å². The molecule has 126 valence electrons. The van der Waals surface area contributed by atoms with Crippen LogP contribution in [0.3, 0.4) is 0 Å². The molecule has 3 N–H and O–H groups in total. The molecule has 2 fully saturated rings. The van der Waals surface area contributed by atoms with E-state index in [0.717, 1.165) is 19.3 Å². The van der Waals surface area contributed by atoms with Crippen LogP contribution in [0.4, 0.5) is 0 Å². The number of rotatable bonds is 4. The monoisotopic (exact) mass is 337 g/mol. The minimum atomic E-state index is -3.38. The average Bonchev–Trinajstić information content (AvgIpc) is 2.85. The van der Waals surface area contributed by atoms with Crippen LogP contribution in [0.1, 0.15) is 35.2 Å². The molecule has 6 nitrogen and oxygen atoms in total. The van der Waals surface area contributed by atoms with Gasteiger partial charge in [-0.05, 0) is 30.5 Å². The molecule has 1 aliphatic carbocycles. The molecule has 7 heteroatoms. The molecule has 0 radical (unpaired) electrons. The smallest absolute Gasteiger partial charge is 0.251 e. The number of nitrogens with one attached hydrogen (secondary N) is 1. The Kier molecular flexibility index (Phi) is 4.20. The minimum Gasteiger partial charge on any atom is -0.355 e. The van der Waals surface area contributed by atoms with E-state index in [1.807, 2.05) is 0 Å². The fourth-order valence-electron chi connectivity index (χ4n) is 3.52. The second-order valence-electron chi connectivity index (χ2n) is 6.65. The molecular weight excluding hydrogens is 314 g/mol. The average molecular weight is 337 g/mol. The van der Waals surface area contributed by atoms with Gasteiger partial charge in [0.05, 0.1) is 5.75 Å². The van der Waals surface area contributed by atoms with E-state index in [-0.39, 0.29) is 23.1 Å². The lowest BCUT2D eigenvalue weighted by Gasteiger charge is -2.41. The quantitative estimate of drug-likeness (QED) is 0.845. The van der Waals surface area contributed by atoms with Gasteiger partial charge in [0.2, 0.25) is 10.0 Å². The summed E-state index contributed by atoms with van der Waals surface area (Å²) in [6.07, 6.45) is 3.20. The molecule has 1 atom stereocenters.